The van der Waals surface area contributed by atoms with Gasteiger partial charge in [0.25, 0.3) is 0 Å². The lowest BCUT2D eigenvalue weighted by molar-refractivity contribution is 0.440. The Balaban J connectivity index is 2.27. The fourth-order valence-electron chi connectivity index (χ4n) is 2.51. The summed E-state index contributed by atoms with van der Waals surface area (Å²) in [6, 6.07) is 5.79. The van der Waals surface area contributed by atoms with Crippen LogP contribution in [0.2, 0.25) is 0 Å². The Labute approximate surface area is 125 Å². The van der Waals surface area contributed by atoms with Crippen molar-refractivity contribution >= 4 is 22.6 Å². The van der Waals surface area contributed by atoms with E-state index in [4.69, 9.17) is 16.0 Å². The van der Waals surface area contributed by atoms with E-state index >= 15 is 0 Å². The predicted octanol–water partition coefficient (Wildman–Crippen LogP) is 4.30. The average Bonchev–Trinajstić information content (AvgIpc) is 3.10. The molecule has 0 aliphatic heterocycles. The molecule has 0 saturated heterocycles. The van der Waals surface area contributed by atoms with E-state index in [1.165, 1.54) is 6.07 Å². The molecule has 0 aliphatic rings. The van der Waals surface area contributed by atoms with Crippen molar-refractivity contribution in [3.8, 4) is 0 Å². The van der Waals surface area contributed by atoms with Crippen LogP contribution in [0.25, 0.3) is 11.0 Å². The van der Waals surface area contributed by atoms with Crippen LogP contribution in [0.3, 0.4) is 0 Å². The summed E-state index contributed by atoms with van der Waals surface area (Å²) in [6.45, 7) is 1.85. The van der Waals surface area contributed by atoms with Crippen molar-refractivity contribution in [2.45, 2.75) is 19.4 Å². The van der Waals surface area contributed by atoms with Crippen molar-refractivity contribution in [1.82, 2.24) is 9.55 Å². The fourth-order valence-corrected chi connectivity index (χ4v) is 2.67. The summed E-state index contributed by atoms with van der Waals surface area (Å²) in [5, 5.41) is 0. The molecular formula is C15H13ClF2N2O. The maximum atomic E-state index is 14.2. The van der Waals surface area contributed by atoms with Crippen molar-refractivity contribution in [3.63, 3.8) is 0 Å². The number of hydrogen-bond donors (Lipinski definition) is 0. The minimum Gasteiger partial charge on any atom is -0.467 e. The normalized spacial score (nSPS) is 13.0. The van der Waals surface area contributed by atoms with Crippen LogP contribution in [0.4, 0.5) is 8.78 Å². The van der Waals surface area contributed by atoms with Gasteiger partial charge in [-0.2, -0.15) is 0 Å². The standard InChI is InChI=1S/C15H13ClF2N2O/c1-9(12-3-2-8-21-12)20-13(6-7-16)19-11-5-4-10(17)14(18)15(11)20/h2-5,8-9H,6-7H2,1H3. The molecular weight excluding hydrogens is 298 g/mol. The Morgan fingerprint density at radius 2 is 2.14 bits per heavy atom. The smallest absolute Gasteiger partial charge is 0.184 e. The Kier molecular flexibility index (Phi) is 3.68. The quantitative estimate of drug-likeness (QED) is 0.673. The molecule has 3 rings (SSSR count). The second kappa shape index (κ2) is 5.48. The highest BCUT2D eigenvalue weighted by Crippen LogP contribution is 2.29. The zero-order chi connectivity index (χ0) is 15.0. The van der Waals surface area contributed by atoms with Gasteiger partial charge in [-0.1, -0.05) is 0 Å². The Hall–Kier alpha value is -1.88. The molecule has 1 atom stereocenters. The number of rotatable bonds is 4. The lowest BCUT2D eigenvalue weighted by atomic mass is 10.2. The van der Waals surface area contributed by atoms with Crippen molar-refractivity contribution in [3.05, 3.63) is 53.7 Å². The van der Waals surface area contributed by atoms with Gasteiger partial charge < -0.3 is 8.98 Å². The van der Waals surface area contributed by atoms with Gasteiger partial charge in [-0.15, -0.1) is 11.6 Å². The third-order valence-electron chi connectivity index (χ3n) is 3.48. The highest BCUT2D eigenvalue weighted by molar-refractivity contribution is 6.17. The first-order valence-electron chi connectivity index (χ1n) is 6.57. The fraction of sp³-hybridized carbons (Fsp3) is 0.267. The summed E-state index contributed by atoms with van der Waals surface area (Å²) in [5.74, 6) is -0.202. The highest BCUT2D eigenvalue weighted by atomic mass is 35.5. The maximum Gasteiger partial charge on any atom is 0.184 e. The van der Waals surface area contributed by atoms with Gasteiger partial charge in [0.2, 0.25) is 0 Å². The molecule has 0 spiro atoms. The molecule has 2 aromatic heterocycles. The first kappa shape index (κ1) is 14.1. The number of furan rings is 1. The first-order chi connectivity index (χ1) is 10.1. The number of hydrogen-bond acceptors (Lipinski definition) is 2. The Bertz CT molecular complexity index is 768. The van der Waals surface area contributed by atoms with Gasteiger partial charge in [0.15, 0.2) is 11.6 Å². The van der Waals surface area contributed by atoms with Crippen LogP contribution in [-0.4, -0.2) is 15.4 Å². The second-order valence-electron chi connectivity index (χ2n) is 4.76. The van der Waals surface area contributed by atoms with E-state index < -0.39 is 11.6 Å². The molecule has 0 N–H and O–H groups in total. The number of aryl methyl sites for hydroxylation is 1. The van der Waals surface area contributed by atoms with E-state index in [1.807, 2.05) is 6.92 Å². The minimum atomic E-state index is -0.903. The van der Waals surface area contributed by atoms with Crippen LogP contribution in [0.15, 0.2) is 34.9 Å². The molecule has 1 aromatic carbocycles. The number of halogens is 3. The van der Waals surface area contributed by atoms with E-state index in [0.29, 0.717) is 29.4 Å². The molecule has 6 heteroatoms. The molecule has 0 saturated carbocycles. The first-order valence-corrected chi connectivity index (χ1v) is 7.11. The zero-order valence-electron chi connectivity index (χ0n) is 11.3. The third-order valence-corrected chi connectivity index (χ3v) is 3.67. The molecule has 0 radical (unpaired) electrons. The van der Waals surface area contributed by atoms with Crippen molar-refractivity contribution in [1.29, 1.82) is 0 Å². The summed E-state index contributed by atoms with van der Waals surface area (Å²) >= 11 is 5.79. The number of imidazole rings is 1. The van der Waals surface area contributed by atoms with Crippen LogP contribution in [0.1, 0.15) is 24.6 Å². The second-order valence-corrected chi connectivity index (χ2v) is 5.14. The molecule has 110 valence electrons. The van der Waals surface area contributed by atoms with Crippen LogP contribution < -0.4 is 0 Å². The molecule has 2 heterocycles. The minimum absolute atomic E-state index is 0.138. The lowest BCUT2D eigenvalue weighted by Crippen LogP contribution is -2.11. The van der Waals surface area contributed by atoms with Crippen molar-refractivity contribution < 1.29 is 13.2 Å². The highest BCUT2D eigenvalue weighted by Gasteiger charge is 2.22. The number of alkyl halides is 1. The van der Waals surface area contributed by atoms with Gasteiger partial charge in [0.1, 0.15) is 17.1 Å². The van der Waals surface area contributed by atoms with Gasteiger partial charge in [-0.25, -0.2) is 13.8 Å². The SMILES string of the molecule is CC(c1ccco1)n1c(CCCl)nc2ccc(F)c(F)c21. The van der Waals surface area contributed by atoms with Crippen LogP contribution >= 0.6 is 11.6 Å². The lowest BCUT2D eigenvalue weighted by Gasteiger charge is -2.15. The molecule has 0 aliphatic carbocycles. The molecule has 0 fully saturated rings. The summed E-state index contributed by atoms with van der Waals surface area (Å²) in [7, 11) is 0. The number of benzene rings is 1. The van der Waals surface area contributed by atoms with E-state index in [9.17, 15) is 8.78 Å². The van der Waals surface area contributed by atoms with E-state index in [2.05, 4.69) is 4.98 Å². The molecule has 3 aromatic rings. The molecule has 0 amide bonds. The van der Waals surface area contributed by atoms with Gasteiger partial charge in [0, 0.05) is 12.3 Å². The summed E-state index contributed by atoms with van der Waals surface area (Å²) in [5.41, 5.74) is 0.548. The monoisotopic (exact) mass is 310 g/mol. The largest absolute Gasteiger partial charge is 0.467 e. The van der Waals surface area contributed by atoms with Gasteiger partial charge in [-0.3, -0.25) is 0 Å². The summed E-state index contributed by atoms with van der Waals surface area (Å²) < 4.78 is 34.8. The summed E-state index contributed by atoms with van der Waals surface area (Å²) in [4.78, 5) is 4.37. The van der Waals surface area contributed by atoms with Crippen molar-refractivity contribution in [2.75, 3.05) is 5.88 Å². The molecule has 1 unspecified atom stereocenters. The van der Waals surface area contributed by atoms with E-state index in [-0.39, 0.29) is 11.6 Å². The third kappa shape index (κ3) is 2.31. The van der Waals surface area contributed by atoms with Gasteiger partial charge in [-0.05, 0) is 31.2 Å². The summed E-state index contributed by atoms with van der Waals surface area (Å²) in [6.07, 6.45) is 2.01. The average molecular weight is 311 g/mol. The van der Waals surface area contributed by atoms with Gasteiger partial charge in [0.05, 0.1) is 17.8 Å². The molecule has 3 nitrogen and oxygen atoms in total. The number of aromatic nitrogens is 2. The van der Waals surface area contributed by atoms with Crippen LogP contribution in [-0.2, 0) is 6.42 Å². The number of fused-ring (bicyclic) bond motifs is 1. The maximum absolute atomic E-state index is 14.2. The predicted molar refractivity (Wildman–Crippen MR) is 76.6 cm³/mol. The zero-order valence-corrected chi connectivity index (χ0v) is 12.1. The van der Waals surface area contributed by atoms with Gasteiger partial charge >= 0.3 is 0 Å². The van der Waals surface area contributed by atoms with Crippen molar-refractivity contribution in [2.24, 2.45) is 0 Å². The Morgan fingerprint density at radius 3 is 2.81 bits per heavy atom. The topological polar surface area (TPSA) is 31.0 Å². The number of nitrogens with zero attached hydrogens (tertiary/aromatic N) is 2. The molecule has 0 bridgehead atoms. The Morgan fingerprint density at radius 1 is 1.33 bits per heavy atom. The van der Waals surface area contributed by atoms with E-state index in [1.54, 1.807) is 23.0 Å². The molecule has 21 heavy (non-hydrogen) atoms. The van der Waals surface area contributed by atoms with Crippen LogP contribution in [0, 0.1) is 11.6 Å². The van der Waals surface area contributed by atoms with E-state index in [0.717, 1.165) is 6.07 Å². The van der Waals surface area contributed by atoms with Crippen LogP contribution in [0.5, 0.6) is 0 Å².